The zero-order valence-corrected chi connectivity index (χ0v) is 16.4. The summed E-state index contributed by atoms with van der Waals surface area (Å²) in [5.74, 6) is 1.98. The predicted molar refractivity (Wildman–Crippen MR) is 112 cm³/mol. The molecule has 8 nitrogen and oxygen atoms in total. The molecule has 3 aromatic rings. The Hall–Kier alpha value is -3.39. The lowest BCUT2D eigenvalue weighted by Crippen LogP contribution is -2.38. The Bertz CT molecular complexity index is 1150. The summed E-state index contributed by atoms with van der Waals surface area (Å²) >= 11 is 0. The Balaban J connectivity index is 1.18. The highest BCUT2D eigenvalue weighted by Crippen LogP contribution is 2.34. The molecule has 1 amide bonds. The summed E-state index contributed by atoms with van der Waals surface area (Å²) in [6, 6.07) is 12.7. The van der Waals surface area contributed by atoms with Gasteiger partial charge in [-0.25, -0.2) is 4.98 Å². The van der Waals surface area contributed by atoms with Crippen LogP contribution in [0.2, 0.25) is 0 Å². The molecule has 1 fully saturated rings. The van der Waals surface area contributed by atoms with Crippen LogP contribution >= 0.6 is 0 Å². The van der Waals surface area contributed by atoms with E-state index in [1.54, 1.807) is 18.2 Å². The second-order valence-corrected chi connectivity index (χ2v) is 7.64. The maximum Gasteiger partial charge on any atom is 0.258 e. The number of piperidine rings is 1. The van der Waals surface area contributed by atoms with Crippen LogP contribution in [0, 0.1) is 5.92 Å². The highest BCUT2D eigenvalue weighted by atomic mass is 16.7. The van der Waals surface area contributed by atoms with Gasteiger partial charge in [-0.2, -0.15) is 0 Å². The van der Waals surface area contributed by atoms with E-state index in [1.807, 2.05) is 24.3 Å². The van der Waals surface area contributed by atoms with Crippen LogP contribution in [0.4, 0.5) is 5.69 Å². The molecule has 2 aromatic carbocycles. The van der Waals surface area contributed by atoms with Gasteiger partial charge in [0.25, 0.3) is 5.56 Å². The number of fused-ring (bicyclic) bond motifs is 2. The number of aromatic nitrogens is 2. The second kappa shape index (κ2) is 7.79. The van der Waals surface area contributed by atoms with Crippen LogP contribution in [0.15, 0.2) is 47.3 Å². The number of rotatable bonds is 4. The number of hydrogen-bond acceptors (Lipinski definition) is 6. The molecule has 0 atom stereocenters. The van der Waals surface area contributed by atoms with Gasteiger partial charge in [0.15, 0.2) is 11.5 Å². The first-order valence-corrected chi connectivity index (χ1v) is 10.1. The van der Waals surface area contributed by atoms with Gasteiger partial charge in [0, 0.05) is 17.7 Å². The molecular formula is C22H22N4O4. The predicted octanol–water partition coefficient (Wildman–Crippen LogP) is 2.50. The molecule has 0 aliphatic carbocycles. The van der Waals surface area contributed by atoms with Crippen molar-refractivity contribution in [3.63, 3.8) is 0 Å². The number of carbonyl (C=O) groups excluding carboxylic acids is 1. The van der Waals surface area contributed by atoms with Gasteiger partial charge in [-0.15, -0.1) is 0 Å². The van der Waals surface area contributed by atoms with E-state index in [0.717, 1.165) is 25.9 Å². The van der Waals surface area contributed by atoms with Gasteiger partial charge in [-0.05, 0) is 50.2 Å². The first kappa shape index (κ1) is 18.6. The number of nitrogens with one attached hydrogen (secondary N) is 2. The molecular weight excluding hydrogens is 384 g/mol. The summed E-state index contributed by atoms with van der Waals surface area (Å²) in [6.07, 6.45) is 1.52. The summed E-state index contributed by atoms with van der Waals surface area (Å²) < 4.78 is 10.7. The monoisotopic (exact) mass is 406 g/mol. The van der Waals surface area contributed by atoms with Crippen molar-refractivity contribution in [2.45, 2.75) is 19.4 Å². The lowest BCUT2D eigenvalue weighted by Gasteiger charge is -2.30. The molecule has 0 bridgehead atoms. The number of para-hydroxylation sites is 1. The van der Waals surface area contributed by atoms with E-state index < -0.39 is 0 Å². The largest absolute Gasteiger partial charge is 0.454 e. The van der Waals surface area contributed by atoms with E-state index in [4.69, 9.17) is 9.47 Å². The number of benzene rings is 2. The van der Waals surface area contributed by atoms with Gasteiger partial charge < -0.3 is 19.8 Å². The highest BCUT2D eigenvalue weighted by Gasteiger charge is 2.26. The van der Waals surface area contributed by atoms with Crippen LogP contribution in [0.25, 0.3) is 10.9 Å². The number of anilines is 1. The van der Waals surface area contributed by atoms with Crippen molar-refractivity contribution in [3.05, 3.63) is 58.6 Å². The van der Waals surface area contributed by atoms with E-state index in [0.29, 0.717) is 40.5 Å². The van der Waals surface area contributed by atoms with E-state index in [1.165, 1.54) is 0 Å². The van der Waals surface area contributed by atoms with Crippen LogP contribution in [0.3, 0.4) is 0 Å². The van der Waals surface area contributed by atoms with Crippen LogP contribution in [-0.4, -0.2) is 40.7 Å². The Labute approximate surface area is 172 Å². The van der Waals surface area contributed by atoms with E-state index in [9.17, 15) is 9.59 Å². The summed E-state index contributed by atoms with van der Waals surface area (Å²) in [6.45, 7) is 2.32. The van der Waals surface area contributed by atoms with Gasteiger partial charge in [-0.3, -0.25) is 14.5 Å². The number of amides is 1. The molecule has 1 saturated heterocycles. The summed E-state index contributed by atoms with van der Waals surface area (Å²) in [4.78, 5) is 34.6. The minimum absolute atomic E-state index is 0.0192. The van der Waals surface area contributed by atoms with Gasteiger partial charge in [0.2, 0.25) is 12.7 Å². The standard InChI is InChI=1S/C22H22N4O4/c27-21(23-15-5-6-18-19(11-15)30-13-29-18)14-7-9-26(10-8-14)12-20-24-17-4-2-1-3-16(17)22(28)25-20/h1-6,11,14H,7-10,12-13H2,(H,23,27)(H,24,25,28). The third-order valence-electron chi connectivity index (χ3n) is 5.63. The van der Waals surface area contributed by atoms with Gasteiger partial charge in [0.05, 0.1) is 17.4 Å². The fourth-order valence-electron chi connectivity index (χ4n) is 3.99. The first-order chi connectivity index (χ1) is 14.7. The Kier molecular flexibility index (Phi) is 4.84. The SMILES string of the molecule is O=C(Nc1ccc2c(c1)OCO2)C1CCN(Cc2nc3ccccc3c(=O)[nH]2)CC1. The van der Waals surface area contributed by atoms with Crippen molar-refractivity contribution in [2.24, 2.45) is 5.92 Å². The topological polar surface area (TPSA) is 96.6 Å². The zero-order chi connectivity index (χ0) is 20.5. The molecule has 2 aliphatic heterocycles. The molecule has 1 aromatic heterocycles. The van der Waals surface area contributed by atoms with Gasteiger partial charge in [-0.1, -0.05) is 12.1 Å². The maximum absolute atomic E-state index is 12.7. The molecule has 2 N–H and O–H groups in total. The van der Waals surface area contributed by atoms with Crippen molar-refractivity contribution < 1.29 is 14.3 Å². The molecule has 0 radical (unpaired) electrons. The Morgan fingerprint density at radius 2 is 1.93 bits per heavy atom. The van der Waals surface area contributed by atoms with Crippen LogP contribution in [0.1, 0.15) is 18.7 Å². The summed E-state index contributed by atoms with van der Waals surface area (Å²) in [5.41, 5.74) is 1.30. The number of carbonyl (C=O) groups is 1. The maximum atomic E-state index is 12.7. The normalized spacial score (nSPS) is 16.7. The minimum atomic E-state index is -0.117. The highest BCUT2D eigenvalue weighted by molar-refractivity contribution is 5.93. The average molecular weight is 406 g/mol. The molecule has 154 valence electrons. The minimum Gasteiger partial charge on any atom is -0.454 e. The lowest BCUT2D eigenvalue weighted by atomic mass is 9.95. The van der Waals surface area contributed by atoms with Crippen molar-refractivity contribution >= 4 is 22.5 Å². The summed E-state index contributed by atoms with van der Waals surface area (Å²) in [7, 11) is 0. The number of hydrogen-bond donors (Lipinski definition) is 2. The number of nitrogens with zero attached hydrogens (tertiary/aromatic N) is 2. The van der Waals surface area contributed by atoms with Crippen molar-refractivity contribution in [1.29, 1.82) is 0 Å². The molecule has 3 heterocycles. The van der Waals surface area contributed by atoms with Crippen molar-refractivity contribution in [1.82, 2.24) is 14.9 Å². The van der Waals surface area contributed by atoms with Gasteiger partial charge in [0.1, 0.15) is 5.82 Å². The smallest absolute Gasteiger partial charge is 0.258 e. The van der Waals surface area contributed by atoms with E-state index >= 15 is 0 Å². The quantitative estimate of drug-likeness (QED) is 0.691. The zero-order valence-electron chi connectivity index (χ0n) is 16.4. The van der Waals surface area contributed by atoms with E-state index in [2.05, 4.69) is 20.2 Å². The average Bonchev–Trinajstić information content (AvgIpc) is 3.22. The number of H-pyrrole nitrogens is 1. The van der Waals surface area contributed by atoms with Crippen LogP contribution in [-0.2, 0) is 11.3 Å². The molecule has 8 heteroatoms. The molecule has 5 rings (SSSR count). The Morgan fingerprint density at radius 1 is 1.13 bits per heavy atom. The fourth-order valence-corrected chi connectivity index (χ4v) is 3.99. The number of likely N-dealkylation sites (tertiary alicyclic amines) is 1. The van der Waals surface area contributed by atoms with Crippen molar-refractivity contribution in [3.8, 4) is 11.5 Å². The lowest BCUT2D eigenvalue weighted by molar-refractivity contribution is -0.121. The van der Waals surface area contributed by atoms with Gasteiger partial charge >= 0.3 is 0 Å². The van der Waals surface area contributed by atoms with Crippen LogP contribution in [0.5, 0.6) is 11.5 Å². The molecule has 0 saturated carbocycles. The fraction of sp³-hybridized carbons (Fsp3) is 0.318. The Morgan fingerprint density at radius 3 is 2.80 bits per heavy atom. The third kappa shape index (κ3) is 3.73. The second-order valence-electron chi connectivity index (χ2n) is 7.64. The number of aromatic amines is 1. The molecule has 0 spiro atoms. The summed E-state index contributed by atoms with van der Waals surface area (Å²) in [5, 5.41) is 3.58. The van der Waals surface area contributed by atoms with Crippen LogP contribution < -0.4 is 20.3 Å². The van der Waals surface area contributed by atoms with E-state index in [-0.39, 0.29) is 24.2 Å². The third-order valence-corrected chi connectivity index (χ3v) is 5.63. The van der Waals surface area contributed by atoms with Crippen molar-refractivity contribution in [2.75, 3.05) is 25.2 Å². The molecule has 0 unspecified atom stereocenters. The first-order valence-electron chi connectivity index (χ1n) is 10.1. The molecule has 2 aliphatic rings. The molecule has 30 heavy (non-hydrogen) atoms. The number of ether oxygens (including phenoxy) is 2.